The maximum atomic E-state index is 12.2. The average molecular weight is 381 g/mol. The van der Waals surface area contributed by atoms with Crippen molar-refractivity contribution in [3.63, 3.8) is 0 Å². The summed E-state index contributed by atoms with van der Waals surface area (Å²) >= 11 is 5.93. The molecular formula is C22H21ClN2O2. The number of carbonyl (C=O) groups excluding carboxylic acids is 1. The van der Waals surface area contributed by atoms with Crippen molar-refractivity contribution in [1.29, 1.82) is 0 Å². The monoisotopic (exact) mass is 380 g/mol. The summed E-state index contributed by atoms with van der Waals surface area (Å²) in [7, 11) is 1.67. The van der Waals surface area contributed by atoms with Gasteiger partial charge in [0.15, 0.2) is 0 Å². The molecule has 1 amide bonds. The number of methoxy groups -OCH3 is 1. The molecule has 0 saturated heterocycles. The molecule has 138 valence electrons. The first-order chi connectivity index (χ1) is 13.1. The molecule has 0 aliphatic carbocycles. The predicted molar refractivity (Wildman–Crippen MR) is 111 cm³/mol. The second-order valence-electron chi connectivity index (χ2n) is 6.07. The number of hydrogen-bond acceptors (Lipinski definition) is 3. The van der Waals surface area contributed by atoms with Gasteiger partial charge < -0.3 is 15.4 Å². The number of carbonyl (C=O) groups is 1. The largest absolute Gasteiger partial charge is 0.497 e. The molecular weight excluding hydrogens is 360 g/mol. The minimum atomic E-state index is -0.184. The van der Waals surface area contributed by atoms with Crippen LogP contribution in [0.15, 0.2) is 72.8 Å². The SMILES string of the molecule is COc1cccc(CCNc2ccc(NC(=O)c3cccc(Cl)c3)cc2)c1. The topological polar surface area (TPSA) is 50.4 Å². The molecule has 3 rings (SSSR count). The fraction of sp³-hybridized carbons (Fsp3) is 0.136. The zero-order valence-corrected chi connectivity index (χ0v) is 15.8. The molecule has 0 spiro atoms. The smallest absolute Gasteiger partial charge is 0.255 e. The summed E-state index contributed by atoms with van der Waals surface area (Å²) in [5, 5.41) is 6.79. The van der Waals surface area contributed by atoms with Gasteiger partial charge in [0.2, 0.25) is 0 Å². The highest BCUT2D eigenvalue weighted by molar-refractivity contribution is 6.31. The first-order valence-corrected chi connectivity index (χ1v) is 9.05. The second kappa shape index (κ2) is 9.10. The van der Waals surface area contributed by atoms with E-state index in [4.69, 9.17) is 16.3 Å². The number of anilines is 2. The van der Waals surface area contributed by atoms with E-state index in [1.165, 1.54) is 5.56 Å². The fourth-order valence-electron chi connectivity index (χ4n) is 2.68. The normalized spacial score (nSPS) is 10.3. The fourth-order valence-corrected chi connectivity index (χ4v) is 2.87. The highest BCUT2D eigenvalue weighted by Crippen LogP contribution is 2.17. The Hall–Kier alpha value is -2.98. The van der Waals surface area contributed by atoms with Gasteiger partial charge in [0.25, 0.3) is 5.91 Å². The first-order valence-electron chi connectivity index (χ1n) is 8.68. The molecule has 2 N–H and O–H groups in total. The van der Waals surface area contributed by atoms with E-state index in [0.717, 1.165) is 30.1 Å². The van der Waals surface area contributed by atoms with Crippen LogP contribution in [-0.4, -0.2) is 19.6 Å². The Morgan fingerprint density at radius 2 is 1.70 bits per heavy atom. The van der Waals surface area contributed by atoms with Crippen LogP contribution in [0.5, 0.6) is 5.75 Å². The summed E-state index contributed by atoms with van der Waals surface area (Å²) in [5.74, 6) is 0.684. The summed E-state index contributed by atoms with van der Waals surface area (Å²) in [6, 6.07) is 22.6. The van der Waals surface area contributed by atoms with Crippen LogP contribution < -0.4 is 15.4 Å². The van der Waals surface area contributed by atoms with E-state index in [2.05, 4.69) is 16.7 Å². The van der Waals surface area contributed by atoms with Crippen LogP contribution in [0.25, 0.3) is 0 Å². The number of nitrogens with one attached hydrogen (secondary N) is 2. The molecule has 4 nitrogen and oxygen atoms in total. The van der Waals surface area contributed by atoms with Gasteiger partial charge in [0.05, 0.1) is 7.11 Å². The molecule has 0 atom stereocenters. The van der Waals surface area contributed by atoms with Crippen molar-refractivity contribution in [2.45, 2.75) is 6.42 Å². The lowest BCUT2D eigenvalue weighted by Crippen LogP contribution is -2.11. The van der Waals surface area contributed by atoms with Crippen molar-refractivity contribution in [1.82, 2.24) is 0 Å². The molecule has 0 bridgehead atoms. The molecule has 3 aromatic carbocycles. The van der Waals surface area contributed by atoms with E-state index in [0.29, 0.717) is 10.6 Å². The number of ether oxygens (including phenoxy) is 1. The summed E-state index contributed by atoms with van der Waals surface area (Å²) < 4.78 is 5.24. The third-order valence-corrected chi connectivity index (χ3v) is 4.34. The molecule has 0 heterocycles. The quantitative estimate of drug-likeness (QED) is 0.588. The van der Waals surface area contributed by atoms with Crippen LogP contribution in [0.1, 0.15) is 15.9 Å². The lowest BCUT2D eigenvalue weighted by molar-refractivity contribution is 0.102. The Balaban J connectivity index is 1.51. The van der Waals surface area contributed by atoms with E-state index in [-0.39, 0.29) is 5.91 Å². The lowest BCUT2D eigenvalue weighted by atomic mass is 10.1. The average Bonchev–Trinajstić information content (AvgIpc) is 2.69. The zero-order valence-electron chi connectivity index (χ0n) is 15.0. The number of amides is 1. The van der Waals surface area contributed by atoms with E-state index in [1.54, 1.807) is 31.4 Å². The molecule has 0 fully saturated rings. The molecule has 27 heavy (non-hydrogen) atoms. The number of benzene rings is 3. The molecule has 0 unspecified atom stereocenters. The maximum absolute atomic E-state index is 12.2. The Labute approximate surface area is 164 Å². The van der Waals surface area contributed by atoms with Crippen LogP contribution in [0, 0.1) is 0 Å². The van der Waals surface area contributed by atoms with Gasteiger partial charge in [-0.3, -0.25) is 4.79 Å². The standard InChI is InChI=1S/C22H21ClN2O2/c1-27-21-7-2-4-16(14-21)12-13-24-19-8-10-20(11-9-19)25-22(26)17-5-3-6-18(23)15-17/h2-11,14-15,24H,12-13H2,1H3,(H,25,26). The van der Waals surface area contributed by atoms with Gasteiger partial charge in [-0.05, 0) is 66.6 Å². The summed E-state index contributed by atoms with van der Waals surface area (Å²) in [6.07, 6.45) is 0.893. The molecule has 0 aliphatic heterocycles. The van der Waals surface area contributed by atoms with Crippen molar-refractivity contribution >= 4 is 28.9 Å². The summed E-state index contributed by atoms with van der Waals surface area (Å²) in [6.45, 7) is 0.807. The molecule has 3 aromatic rings. The third-order valence-electron chi connectivity index (χ3n) is 4.11. The Bertz CT molecular complexity index is 910. The van der Waals surface area contributed by atoms with Crippen LogP contribution >= 0.6 is 11.6 Å². The maximum Gasteiger partial charge on any atom is 0.255 e. The summed E-state index contributed by atoms with van der Waals surface area (Å²) in [4.78, 5) is 12.2. The zero-order chi connectivity index (χ0) is 19.1. The second-order valence-corrected chi connectivity index (χ2v) is 6.51. The van der Waals surface area contributed by atoms with E-state index in [1.807, 2.05) is 42.5 Å². The van der Waals surface area contributed by atoms with E-state index < -0.39 is 0 Å². The molecule has 0 aliphatic rings. The van der Waals surface area contributed by atoms with Gasteiger partial charge >= 0.3 is 0 Å². The molecule has 0 radical (unpaired) electrons. The van der Waals surface area contributed by atoms with Crippen molar-refractivity contribution in [3.05, 3.63) is 88.9 Å². The minimum Gasteiger partial charge on any atom is -0.497 e. The third kappa shape index (κ3) is 5.50. The number of hydrogen-bond donors (Lipinski definition) is 2. The summed E-state index contributed by atoms with van der Waals surface area (Å²) in [5.41, 5.74) is 3.48. The highest BCUT2D eigenvalue weighted by Gasteiger charge is 2.06. The van der Waals surface area contributed by atoms with E-state index in [9.17, 15) is 4.79 Å². The Kier molecular flexibility index (Phi) is 6.34. The molecule has 5 heteroatoms. The van der Waals surface area contributed by atoms with Gasteiger partial charge in [0.1, 0.15) is 5.75 Å². The first kappa shape index (κ1) is 18.8. The van der Waals surface area contributed by atoms with Gasteiger partial charge in [-0.1, -0.05) is 29.8 Å². The molecule has 0 aromatic heterocycles. The Morgan fingerprint density at radius 1 is 0.963 bits per heavy atom. The lowest BCUT2D eigenvalue weighted by Gasteiger charge is -2.09. The van der Waals surface area contributed by atoms with Crippen molar-refractivity contribution in [2.75, 3.05) is 24.3 Å². The van der Waals surface area contributed by atoms with E-state index >= 15 is 0 Å². The van der Waals surface area contributed by atoms with Gasteiger partial charge in [0, 0.05) is 28.5 Å². The van der Waals surface area contributed by atoms with Gasteiger partial charge in [-0.2, -0.15) is 0 Å². The number of rotatable bonds is 7. The Morgan fingerprint density at radius 3 is 2.44 bits per heavy atom. The van der Waals surface area contributed by atoms with Crippen LogP contribution in [0.2, 0.25) is 5.02 Å². The van der Waals surface area contributed by atoms with Crippen LogP contribution in [0.4, 0.5) is 11.4 Å². The number of halogens is 1. The van der Waals surface area contributed by atoms with Gasteiger partial charge in [-0.15, -0.1) is 0 Å². The van der Waals surface area contributed by atoms with Crippen molar-refractivity contribution in [2.24, 2.45) is 0 Å². The van der Waals surface area contributed by atoms with Crippen molar-refractivity contribution < 1.29 is 9.53 Å². The van der Waals surface area contributed by atoms with Crippen LogP contribution in [0.3, 0.4) is 0 Å². The molecule has 0 saturated carbocycles. The van der Waals surface area contributed by atoms with Crippen LogP contribution in [-0.2, 0) is 6.42 Å². The van der Waals surface area contributed by atoms with Crippen molar-refractivity contribution in [3.8, 4) is 5.75 Å². The highest BCUT2D eigenvalue weighted by atomic mass is 35.5. The predicted octanol–water partition coefficient (Wildman–Crippen LogP) is 5.26. The van der Waals surface area contributed by atoms with Gasteiger partial charge in [-0.25, -0.2) is 0 Å². The minimum absolute atomic E-state index is 0.184.